The van der Waals surface area contributed by atoms with E-state index in [1.165, 1.54) is 0 Å². The van der Waals surface area contributed by atoms with Crippen molar-refractivity contribution in [2.75, 3.05) is 20.4 Å². The fourth-order valence-corrected chi connectivity index (χ4v) is 2.32. The fraction of sp³-hybridized carbons (Fsp3) is 0.600. The van der Waals surface area contributed by atoms with Crippen LogP contribution in [-0.2, 0) is 0 Å². The molecular weight excluding hydrogens is 242 g/mol. The van der Waals surface area contributed by atoms with Crippen molar-refractivity contribution >= 4 is 0 Å². The molecule has 0 saturated carbocycles. The van der Waals surface area contributed by atoms with Crippen molar-refractivity contribution in [3.05, 3.63) is 23.8 Å². The second-order valence-corrected chi connectivity index (χ2v) is 5.21. The van der Waals surface area contributed by atoms with E-state index in [1.807, 2.05) is 18.2 Å². The molecule has 0 amide bonds. The molecule has 4 nitrogen and oxygen atoms in total. The van der Waals surface area contributed by atoms with Crippen molar-refractivity contribution < 1.29 is 14.6 Å². The molecular formula is C15H23NO3. The molecule has 0 spiro atoms. The maximum Gasteiger partial charge on any atom is 0.231 e. The number of fused-ring (bicyclic) bond motifs is 1. The van der Waals surface area contributed by atoms with Crippen LogP contribution in [0.1, 0.15) is 38.4 Å². The summed E-state index contributed by atoms with van der Waals surface area (Å²) in [6, 6.07) is 6.10. The van der Waals surface area contributed by atoms with Gasteiger partial charge in [0.15, 0.2) is 11.5 Å². The quantitative estimate of drug-likeness (QED) is 0.858. The Labute approximate surface area is 114 Å². The molecule has 4 heteroatoms. The Morgan fingerprint density at radius 2 is 2.05 bits per heavy atom. The molecule has 106 valence electrons. The van der Waals surface area contributed by atoms with Crippen LogP contribution in [0, 0.1) is 0 Å². The Balaban J connectivity index is 1.98. The van der Waals surface area contributed by atoms with E-state index in [1.54, 1.807) is 0 Å². The Morgan fingerprint density at radius 1 is 1.32 bits per heavy atom. The highest BCUT2D eigenvalue weighted by atomic mass is 16.7. The third-order valence-corrected chi connectivity index (χ3v) is 3.70. The molecule has 0 fully saturated rings. The van der Waals surface area contributed by atoms with E-state index in [0.29, 0.717) is 12.6 Å². The normalized spacial score (nSPS) is 16.7. The number of benzene rings is 1. The molecule has 2 rings (SSSR count). The van der Waals surface area contributed by atoms with Gasteiger partial charge in [-0.1, -0.05) is 19.4 Å². The van der Waals surface area contributed by atoms with Gasteiger partial charge in [-0.2, -0.15) is 0 Å². The number of hydrogen-bond donors (Lipinski definition) is 1. The summed E-state index contributed by atoms with van der Waals surface area (Å²) in [7, 11) is 2.05. The van der Waals surface area contributed by atoms with Gasteiger partial charge < -0.3 is 19.5 Å². The van der Waals surface area contributed by atoms with Crippen LogP contribution in [-0.4, -0.2) is 36.4 Å². The van der Waals surface area contributed by atoms with E-state index in [2.05, 4.69) is 25.8 Å². The highest BCUT2D eigenvalue weighted by molar-refractivity contribution is 5.45. The number of likely N-dealkylation sites (N-methyl/N-ethyl adjacent to an activating group) is 1. The van der Waals surface area contributed by atoms with E-state index in [4.69, 9.17) is 9.47 Å². The number of rotatable bonds is 6. The Morgan fingerprint density at radius 3 is 2.79 bits per heavy atom. The van der Waals surface area contributed by atoms with Crippen LogP contribution in [0.4, 0.5) is 0 Å². The second-order valence-electron chi connectivity index (χ2n) is 5.21. The Bertz CT molecular complexity index is 422. The van der Waals surface area contributed by atoms with Gasteiger partial charge in [0.25, 0.3) is 0 Å². The standard InChI is InChI=1S/C15H23NO3/c1-4-5-11(2)16(3)9-13(17)12-6-7-14-15(8-12)19-10-18-14/h6-8,11,13,17H,4-5,9-10H2,1-3H3. The number of nitrogens with zero attached hydrogens (tertiary/aromatic N) is 1. The van der Waals surface area contributed by atoms with Gasteiger partial charge in [-0.25, -0.2) is 0 Å². The molecule has 0 bridgehead atoms. The summed E-state index contributed by atoms with van der Waals surface area (Å²) in [5.74, 6) is 1.48. The van der Waals surface area contributed by atoms with Crippen LogP contribution in [0.2, 0.25) is 0 Å². The molecule has 1 aromatic carbocycles. The topological polar surface area (TPSA) is 41.9 Å². The molecule has 2 atom stereocenters. The molecule has 2 unspecified atom stereocenters. The molecule has 0 aromatic heterocycles. The zero-order valence-corrected chi connectivity index (χ0v) is 11.9. The predicted octanol–water partition coefficient (Wildman–Crippen LogP) is 2.57. The second kappa shape index (κ2) is 6.26. The van der Waals surface area contributed by atoms with Crippen LogP contribution in [0.25, 0.3) is 0 Å². The van der Waals surface area contributed by atoms with E-state index in [-0.39, 0.29) is 6.79 Å². The zero-order chi connectivity index (χ0) is 13.8. The molecule has 1 aromatic rings. The van der Waals surface area contributed by atoms with Crippen molar-refractivity contribution in [3.8, 4) is 11.5 Å². The van der Waals surface area contributed by atoms with Crippen molar-refractivity contribution in [1.29, 1.82) is 0 Å². The maximum absolute atomic E-state index is 10.3. The minimum Gasteiger partial charge on any atom is -0.454 e. The van der Waals surface area contributed by atoms with E-state index in [9.17, 15) is 5.11 Å². The molecule has 1 heterocycles. The van der Waals surface area contributed by atoms with E-state index < -0.39 is 6.10 Å². The van der Waals surface area contributed by atoms with Crippen LogP contribution < -0.4 is 9.47 Å². The lowest BCUT2D eigenvalue weighted by atomic mass is 10.1. The molecule has 1 aliphatic rings. The average molecular weight is 265 g/mol. The lowest BCUT2D eigenvalue weighted by molar-refractivity contribution is 0.105. The minimum absolute atomic E-state index is 0.266. The lowest BCUT2D eigenvalue weighted by Gasteiger charge is -2.26. The molecule has 19 heavy (non-hydrogen) atoms. The monoisotopic (exact) mass is 265 g/mol. The first-order valence-electron chi connectivity index (χ1n) is 6.89. The van der Waals surface area contributed by atoms with Gasteiger partial charge in [-0.15, -0.1) is 0 Å². The number of aliphatic hydroxyl groups excluding tert-OH is 1. The number of ether oxygens (including phenoxy) is 2. The molecule has 1 aliphatic heterocycles. The van der Waals surface area contributed by atoms with Crippen molar-refractivity contribution in [1.82, 2.24) is 4.90 Å². The maximum atomic E-state index is 10.3. The first-order chi connectivity index (χ1) is 9.11. The zero-order valence-electron chi connectivity index (χ0n) is 11.9. The summed E-state index contributed by atoms with van der Waals surface area (Å²) < 4.78 is 10.6. The van der Waals surface area contributed by atoms with E-state index in [0.717, 1.165) is 29.9 Å². The highest BCUT2D eigenvalue weighted by Gasteiger charge is 2.19. The highest BCUT2D eigenvalue weighted by Crippen LogP contribution is 2.34. The van der Waals surface area contributed by atoms with Gasteiger partial charge in [0.1, 0.15) is 0 Å². The van der Waals surface area contributed by atoms with Crippen LogP contribution in [0.5, 0.6) is 11.5 Å². The third kappa shape index (κ3) is 3.39. The summed E-state index contributed by atoms with van der Waals surface area (Å²) in [6.07, 6.45) is 1.80. The molecule has 0 radical (unpaired) electrons. The van der Waals surface area contributed by atoms with Gasteiger partial charge >= 0.3 is 0 Å². The van der Waals surface area contributed by atoms with Crippen LogP contribution >= 0.6 is 0 Å². The first-order valence-corrected chi connectivity index (χ1v) is 6.89. The average Bonchev–Trinajstić information content (AvgIpc) is 2.85. The van der Waals surface area contributed by atoms with Gasteiger partial charge in [-0.3, -0.25) is 0 Å². The predicted molar refractivity (Wildman–Crippen MR) is 74.5 cm³/mol. The van der Waals surface area contributed by atoms with Crippen molar-refractivity contribution in [2.45, 2.75) is 38.8 Å². The summed E-state index contributed by atoms with van der Waals surface area (Å²) in [5.41, 5.74) is 0.875. The smallest absolute Gasteiger partial charge is 0.231 e. The van der Waals surface area contributed by atoms with Crippen molar-refractivity contribution in [3.63, 3.8) is 0 Å². The SMILES string of the molecule is CCCC(C)N(C)CC(O)c1ccc2c(c1)OCO2. The summed E-state index contributed by atoms with van der Waals surface area (Å²) in [6.45, 7) is 5.26. The van der Waals surface area contributed by atoms with Gasteiger partial charge in [0, 0.05) is 12.6 Å². The van der Waals surface area contributed by atoms with Gasteiger partial charge in [-0.05, 0) is 38.1 Å². The van der Waals surface area contributed by atoms with Gasteiger partial charge in [0.2, 0.25) is 6.79 Å². The van der Waals surface area contributed by atoms with E-state index >= 15 is 0 Å². The van der Waals surface area contributed by atoms with Crippen molar-refractivity contribution in [2.24, 2.45) is 0 Å². The summed E-state index contributed by atoms with van der Waals surface area (Å²) in [4.78, 5) is 2.19. The lowest BCUT2D eigenvalue weighted by Crippen LogP contribution is -2.32. The minimum atomic E-state index is -0.501. The Hall–Kier alpha value is -1.26. The third-order valence-electron chi connectivity index (χ3n) is 3.70. The van der Waals surface area contributed by atoms with Crippen LogP contribution in [0.3, 0.4) is 0 Å². The number of hydrogen-bond acceptors (Lipinski definition) is 4. The van der Waals surface area contributed by atoms with Gasteiger partial charge in [0.05, 0.1) is 6.10 Å². The fourth-order valence-electron chi connectivity index (χ4n) is 2.32. The number of aliphatic hydroxyl groups is 1. The summed E-state index contributed by atoms with van der Waals surface area (Å²) >= 11 is 0. The summed E-state index contributed by atoms with van der Waals surface area (Å²) in [5, 5.41) is 10.3. The van der Waals surface area contributed by atoms with Crippen LogP contribution in [0.15, 0.2) is 18.2 Å². The molecule has 0 saturated heterocycles. The largest absolute Gasteiger partial charge is 0.454 e. The Kier molecular flexibility index (Phi) is 4.66. The first kappa shape index (κ1) is 14.2. The molecule has 1 N–H and O–H groups in total. The molecule has 0 aliphatic carbocycles.